The average Bonchev–Trinajstić information content (AvgIpc) is 3.35. The van der Waals surface area contributed by atoms with Crippen LogP contribution < -0.4 is 14.9 Å². The third kappa shape index (κ3) is 5.40. The third-order valence-electron chi connectivity index (χ3n) is 4.72. The Kier molecular flexibility index (Phi) is 6.57. The Hall–Kier alpha value is -4.39. The molecule has 1 aromatic heterocycles. The normalized spacial score (nSPS) is 10.8. The van der Waals surface area contributed by atoms with Gasteiger partial charge in [0.25, 0.3) is 5.91 Å². The zero-order valence-corrected chi connectivity index (χ0v) is 17.5. The number of hydrogen-bond acceptors (Lipinski definition) is 5. The van der Waals surface area contributed by atoms with Gasteiger partial charge in [0.2, 0.25) is 0 Å². The molecule has 0 fully saturated rings. The SMILES string of the molecule is COc1ccc(/C=N/NC(=O)c2cc(-c3ccc(OCc4ccccc4)cc3)n[nH]2)cc1. The van der Waals surface area contributed by atoms with Gasteiger partial charge in [-0.15, -0.1) is 0 Å². The van der Waals surface area contributed by atoms with Crippen LogP contribution in [0.1, 0.15) is 21.6 Å². The number of aromatic amines is 1. The lowest BCUT2D eigenvalue weighted by Gasteiger charge is -2.06. The fourth-order valence-electron chi connectivity index (χ4n) is 2.96. The lowest BCUT2D eigenvalue weighted by atomic mass is 10.1. The predicted molar refractivity (Wildman–Crippen MR) is 123 cm³/mol. The Balaban J connectivity index is 1.33. The van der Waals surface area contributed by atoms with Crippen LogP contribution in [0, 0.1) is 0 Å². The average molecular weight is 426 g/mol. The number of amides is 1. The minimum absolute atomic E-state index is 0.316. The summed E-state index contributed by atoms with van der Waals surface area (Å²) in [6, 6.07) is 26.6. The first-order valence-corrected chi connectivity index (χ1v) is 10.0. The first-order valence-electron chi connectivity index (χ1n) is 10.0. The van der Waals surface area contributed by atoms with Crippen molar-refractivity contribution in [3.8, 4) is 22.8 Å². The molecule has 160 valence electrons. The van der Waals surface area contributed by atoms with E-state index in [1.807, 2.05) is 78.9 Å². The number of aromatic nitrogens is 2. The Morgan fingerprint density at radius 2 is 1.72 bits per heavy atom. The summed E-state index contributed by atoms with van der Waals surface area (Å²) >= 11 is 0. The van der Waals surface area contributed by atoms with Crippen LogP contribution in [-0.4, -0.2) is 29.4 Å². The van der Waals surface area contributed by atoms with Crippen molar-refractivity contribution >= 4 is 12.1 Å². The minimum Gasteiger partial charge on any atom is -0.497 e. The van der Waals surface area contributed by atoms with E-state index in [1.165, 1.54) is 0 Å². The summed E-state index contributed by atoms with van der Waals surface area (Å²) in [4.78, 5) is 12.3. The van der Waals surface area contributed by atoms with Crippen LogP contribution in [-0.2, 0) is 6.61 Å². The monoisotopic (exact) mass is 426 g/mol. The first-order chi connectivity index (χ1) is 15.7. The minimum atomic E-state index is -0.378. The van der Waals surface area contributed by atoms with E-state index in [4.69, 9.17) is 9.47 Å². The van der Waals surface area contributed by atoms with Gasteiger partial charge in [0.1, 0.15) is 23.8 Å². The van der Waals surface area contributed by atoms with E-state index < -0.39 is 0 Å². The smallest absolute Gasteiger partial charge is 0.289 e. The number of hydrazone groups is 1. The van der Waals surface area contributed by atoms with E-state index in [2.05, 4.69) is 20.7 Å². The number of methoxy groups -OCH3 is 1. The lowest BCUT2D eigenvalue weighted by molar-refractivity contribution is 0.0950. The van der Waals surface area contributed by atoms with Crippen LogP contribution in [0.3, 0.4) is 0 Å². The van der Waals surface area contributed by atoms with Gasteiger partial charge in [0.05, 0.1) is 19.0 Å². The van der Waals surface area contributed by atoms with Crippen molar-refractivity contribution in [1.82, 2.24) is 15.6 Å². The van der Waals surface area contributed by atoms with Crippen LogP contribution in [0.4, 0.5) is 0 Å². The number of carbonyl (C=O) groups excluding carboxylic acids is 1. The molecule has 0 saturated carbocycles. The van der Waals surface area contributed by atoms with Crippen LogP contribution in [0.25, 0.3) is 11.3 Å². The van der Waals surface area contributed by atoms with Gasteiger partial charge in [-0.1, -0.05) is 30.3 Å². The summed E-state index contributed by atoms with van der Waals surface area (Å²) in [5.41, 5.74) is 6.28. The summed E-state index contributed by atoms with van der Waals surface area (Å²) in [7, 11) is 1.61. The molecule has 1 amide bonds. The molecule has 0 radical (unpaired) electrons. The Bertz CT molecular complexity index is 1180. The predicted octanol–water partition coefficient (Wildman–Crippen LogP) is 4.43. The van der Waals surface area contributed by atoms with E-state index in [0.717, 1.165) is 28.2 Å². The zero-order chi connectivity index (χ0) is 22.2. The molecule has 0 unspecified atom stereocenters. The number of benzene rings is 3. The number of ether oxygens (including phenoxy) is 2. The summed E-state index contributed by atoms with van der Waals surface area (Å²) < 4.78 is 10.9. The van der Waals surface area contributed by atoms with E-state index in [-0.39, 0.29) is 5.91 Å². The molecule has 0 aliphatic heterocycles. The van der Waals surface area contributed by atoms with Crippen LogP contribution in [0.5, 0.6) is 11.5 Å². The van der Waals surface area contributed by atoms with Crippen LogP contribution >= 0.6 is 0 Å². The molecular weight excluding hydrogens is 404 g/mol. The highest BCUT2D eigenvalue weighted by Gasteiger charge is 2.10. The number of hydrogen-bond donors (Lipinski definition) is 2. The second-order valence-electron chi connectivity index (χ2n) is 6.94. The number of nitrogens with one attached hydrogen (secondary N) is 2. The summed E-state index contributed by atoms with van der Waals surface area (Å²) in [5, 5.41) is 11.0. The van der Waals surface area contributed by atoms with Gasteiger partial charge in [0, 0.05) is 5.56 Å². The highest BCUT2D eigenvalue weighted by Crippen LogP contribution is 2.22. The van der Waals surface area contributed by atoms with Crippen LogP contribution in [0.15, 0.2) is 90.0 Å². The van der Waals surface area contributed by atoms with Gasteiger partial charge >= 0.3 is 0 Å². The maximum Gasteiger partial charge on any atom is 0.289 e. The summed E-state index contributed by atoms with van der Waals surface area (Å²) in [6.07, 6.45) is 1.56. The van der Waals surface area contributed by atoms with Crippen molar-refractivity contribution in [3.05, 3.63) is 102 Å². The third-order valence-corrected chi connectivity index (χ3v) is 4.72. The van der Waals surface area contributed by atoms with E-state index in [0.29, 0.717) is 18.0 Å². The number of nitrogens with zero attached hydrogens (tertiary/aromatic N) is 2. The molecule has 0 bridgehead atoms. The number of H-pyrrole nitrogens is 1. The Morgan fingerprint density at radius 1 is 1.00 bits per heavy atom. The fraction of sp³-hybridized carbons (Fsp3) is 0.0800. The molecule has 32 heavy (non-hydrogen) atoms. The molecule has 0 aliphatic carbocycles. The van der Waals surface area contributed by atoms with Gasteiger partial charge < -0.3 is 9.47 Å². The molecule has 0 spiro atoms. The van der Waals surface area contributed by atoms with Crippen molar-refractivity contribution in [2.24, 2.45) is 5.10 Å². The highest BCUT2D eigenvalue weighted by atomic mass is 16.5. The molecule has 0 aliphatic rings. The quantitative estimate of drug-likeness (QED) is 0.322. The second kappa shape index (κ2) is 10.1. The van der Waals surface area contributed by atoms with Crippen molar-refractivity contribution in [2.75, 3.05) is 7.11 Å². The molecule has 4 rings (SSSR count). The lowest BCUT2D eigenvalue weighted by Crippen LogP contribution is -2.17. The van der Waals surface area contributed by atoms with Gasteiger partial charge in [-0.25, -0.2) is 5.43 Å². The molecule has 7 heteroatoms. The van der Waals surface area contributed by atoms with Crippen molar-refractivity contribution in [3.63, 3.8) is 0 Å². The maximum absolute atomic E-state index is 12.3. The van der Waals surface area contributed by atoms with Crippen LogP contribution in [0.2, 0.25) is 0 Å². The fourth-order valence-corrected chi connectivity index (χ4v) is 2.96. The first kappa shape index (κ1) is 20.9. The van der Waals surface area contributed by atoms with Gasteiger partial charge in [-0.05, 0) is 65.7 Å². The highest BCUT2D eigenvalue weighted by molar-refractivity contribution is 5.94. The molecule has 4 aromatic rings. The Morgan fingerprint density at radius 3 is 2.44 bits per heavy atom. The van der Waals surface area contributed by atoms with Gasteiger partial charge in [-0.3, -0.25) is 9.89 Å². The zero-order valence-electron chi connectivity index (χ0n) is 17.5. The topological polar surface area (TPSA) is 88.6 Å². The molecule has 0 atom stereocenters. The van der Waals surface area contributed by atoms with Gasteiger partial charge in [0.15, 0.2) is 0 Å². The molecule has 3 aromatic carbocycles. The number of rotatable bonds is 8. The Labute approximate surface area is 185 Å². The molecule has 1 heterocycles. The summed E-state index contributed by atoms with van der Waals surface area (Å²) in [5.74, 6) is 1.14. The molecule has 2 N–H and O–H groups in total. The van der Waals surface area contributed by atoms with E-state index in [9.17, 15) is 4.79 Å². The van der Waals surface area contributed by atoms with Crippen molar-refractivity contribution < 1.29 is 14.3 Å². The van der Waals surface area contributed by atoms with Crippen molar-refractivity contribution in [1.29, 1.82) is 0 Å². The maximum atomic E-state index is 12.3. The van der Waals surface area contributed by atoms with Crippen molar-refractivity contribution in [2.45, 2.75) is 6.61 Å². The van der Waals surface area contributed by atoms with E-state index in [1.54, 1.807) is 19.4 Å². The molecule has 7 nitrogen and oxygen atoms in total. The second-order valence-corrected chi connectivity index (χ2v) is 6.94. The number of carbonyl (C=O) groups is 1. The standard InChI is InChI=1S/C25H22N4O3/c1-31-21-11-7-18(8-12-21)16-26-29-25(30)24-15-23(27-28-24)20-9-13-22(14-10-20)32-17-19-5-3-2-4-6-19/h2-16H,17H2,1H3,(H,27,28)(H,29,30)/b26-16+. The molecular formula is C25H22N4O3. The van der Waals surface area contributed by atoms with Gasteiger partial charge in [-0.2, -0.15) is 10.2 Å². The largest absolute Gasteiger partial charge is 0.497 e. The summed E-state index contributed by atoms with van der Waals surface area (Å²) in [6.45, 7) is 0.504. The van der Waals surface area contributed by atoms with E-state index >= 15 is 0 Å². The molecule has 0 saturated heterocycles.